The van der Waals surface area contributed by atoms with E-state index in [4.69, 9.17) is 9.47 Å². The summed E-state index contributed by atoms with van der Waals surface area (Å²) in [5, 5.41) is 0. The second-order valence-electron chi connectivity index (χ2n) is 5.90. The van der Waals surface area contributed by atoms with Crippen molar-refractivity contribution >= 4 is 45.3 Å². The lowest BCUT2D eigenvalue weighted by Gasteiger charge is -2.04. The van der Waals surface area contributed by atoms with Crippen LogP contribution >= 0.6 is 23.1 Å². The maximum absolute atomic E-state index is 12.4. The third-order valence-electron chi connectivity index (χ3n) is 4.12. The molecule has 4 rings (SSSR count). The van der Waals surface area contributed by atoms with Gasteiger partial charge in [-0.2, -0.15) is 16.8 Å². The molecule has 2 aromatic carbocycles. The summed E-state index contributed by atoms with van der Waals surface area (Å²) in [6, 6.07) is 13.6. The molecule has 1 aromatic heterocycles. The maximum atomic E-state index is 12.4. The number of aryl methyl sites for hydroxylation is 1. The van der Waals surface area contributed by atoms with Crippen molar-refractivity contribution in [2.75, 3.05) is 18.8 Å². The Hall–Kier alpha value is -2.51. The number of amides is 1. The quantitative estimate of drug-likeness (QED) is 0.611. The Labute approximate surface area is 165 Å². The van der Waals surface area contributed by atoms with E-state index in [1.807, 2.05) is 42.5 Å². The zero-order valence-electron chi connectivity index (χ0n) is 14.8. The topological polar surface area (TPSA) is 52.8 Å². The number of hydrogen-bond donors (Lipinski definition) is 0. The van der Waals surface area contributed by atoms with Gasteiger partial charge in [-0.1, -0.05) is 41.7 Å². The minimum absolute atomic E-state index is 0.247. The molecule has 0 atom stereocenters. The standard InChI is InChI=1S/C20H18N2O3S2/c1-26-10-9-22-15-11-16-17(25-13-24-16)12-18(15)27-20(22)21-19(23)8-7-14-5-3-2-4-6-14/h2-8,11-12H,9-10,13H2,1H3. The lowest BCUT2D eigenvalue weighted by atomic mass is 10.2. The molecule has 138 valence electrons. The van der Waals surface area contributed by atoms with Crippen molar-refractivity contribution in [3.05, 3.63) is 58.9 Å². The van der Waals surface area contributed by atoms with Crippen LogP contribution < -0.4 is 14.3 Å². The Kier molecular flexibility index (Phi) is 5.31. The molecule has 1 aliphatic rings. The zero-order valence-corrected chi connectivity index (χ0v) is 16.4. The minimum atomic E-state index is -0.275. The fourth-order valence-electron chi connectivity index (χ4n) is 2.81. The summed E-state index contributed by atoms with van der Waals surface area (Å²) in [4.78, 5) is 17.4. The molecule has 0 saturated heterocycles. The van der Waals surface area contributed by atoms with Gasteiger partial charge in [-0.15, -0.1) is 0 Å². The van der Waals surface area contributed by atoms with E-state index in [1.54, 1.807) is 17.8 Å². The molecular formula is C20H18N2O3S2. The Morgan fingerprint density at radius 1 is 1.26 bits per heavy atom. The van der Waals surface area contributed by atoms with E-state index in [0.29, 0.717) is 4.80 Å². The summed E-state index contributed by atoms with van der Waals surface area (Å²) < 4.78 is 14.1. The summed E-state index contributed by atoms with van der Waals surface area (Å²) in [5.74, 6) is 2.13. The molecule has 0 N–H and O–H groups in total. The highest BCUT2D eigenvalue weighted by Gasteiger charge is 2.17. The average Bonchev–Trinajstić information content (AvgIpc) is 3.27. The van der Waals surface area contributed by atoms with Gasteiger partial charge in [-0.3, -0.25) is 4.79 Å². The van der Waals surface area contributed by atoms with Crippen molar-refractivity contribution in [1.82, 2.24) is 4.57 Å². The second kappa shape index (κ2) is 8.02. The molecule has 0 saturated carbocycles. The number of rotatable bonds is 5. The Morgan fingerprint density at radius 2 is 2.04 bits per heavy atom. The summed E-state index contributed by atoms with van der Waals surface area (Å²) >= 11 is 3.24. The molecule has 0 unspecified atom stereocenters. The SMILES string of the molecule is CSCCn1c(=NC(=O)C=Cc2ccccc2)sc2cc3c(cc21)OCO3. The molecule has 0 bridgehead atoms. The average molecular weight is 399 g/mol. The Bertz CT molecular complexity index is 1070. The van der Waals surface area contributed by atoms with E-state index in [9.17, 15) is 4.79 Å². The predicted octanol–water partition coefficient (Wildman–Crippen LogP) is 3.94. The van der Waals surface area contributed by atoms with Gasteiger partial charge in [0.2, 0.25) is 6.79 Å². The van der Waals surface area contributed by atoms with Crippen molar-refractivity contribution in [2.45, 2.75) is 6.54 Å². The molecule has 0 fully saturated rings. The van der Waals surface area contributed by atoms with Gasteiger partial charge in [-0.05, 0) is 17.9 Å². The van der Waals surface area contributed by atoms with Gasteiger partial charge in [0.15, 0.2) is 16.3 Å². The molecule has 7 heteroatoms. The summed E-state index contributed by atoms with van der Waals surface area (Å²) in [7, 11) is 0. The lowest BCUT2D eigenvalue weighted by molar-refractivity contribution is -0.113. The van der Waals surface area contributed by atoms with Crippen molar-refractivity contribution in [1.29, 1.82) is 0 Å². The van der Waals surface area contributed by atoms with Gasteiger partial charge >= 0.3 is 0 Å². The van der Waals surface area contributed by atoms with E-state index in [0.717, 1.165) is 39.6 Å². The van der Waals surface area contributed by atoms with Gasteiger partial charge in [0, 0.05) is 30.5 Å². The minimum Gasteiger partial charge on any atom is -0.454 e. The summed E-state index contributed by atoms with van der Waals surface area (Å²) in [5.41, 5.74) is 1.98. The fourth-order valence-corrected chi connectivity index (χ4v) is 4.24. The monoisotopic (exact) mass is 398 g/mol. The van der Waals surface area contributed by atoms with Crippen LogP contribution in [-0.2, 0) is 11.3 Å². The fraction of sp³-hybridized carbons (Fsp3) is 0.200. The normalized spacial score (nSPS) is 13.7. The number of fused-ring (bicyclic) bond motifs is 2. The summed E-state index contributed by atoms with van der Waals surface area (Å²) in [6.45, 7) is 1.02. The van der Waals surface area contributed by atoms with E-state index in [2.05, 4.69) is 15.8 Å². The molecule has 0 spiro atoms. The third kappa shape index (κ3) is 3.94. The first-order valence-corrected chi connectivity index (χ1v) is 10.7. The van der Waals surface area contributed by atoms with Crippen molar-refractivity contribution in [3.63, 3.8) is 0 Å². The van der Waals surface area contributed by atoms with Crippen molar-refractivity contribution < 1.29 is 14.3 Å². The van der Waals surface area contributed by atoms with Crippen LogP contribution in [0.25, 0.3) is 16.3 Å². The van der Waals surface area contributed by atoms with Gasteiger partial charge in [-0.25, -0.2) is 0 Å². The molecule has 5 nitrogen and oxygen atoms in total. The first kappa shape index (κ1) is 17.9. The Morgan fingerprint density at radius 3 is 2.81 bits per heavy atom. The van der Waals surface area contributed by atoms with Gasteiger partial charge in [0.05, 0.1) is 10.2 Å². The number of carbonyl (C=O) groups excluding carboxylic acids is 1. The molecule has 3 aromatic rings. The maximum Gasteiger partial charge on any atom is 0.272 e. The van der Waals surface area contributed by atoms with E-state index < -0.39 is 0 Å². The molecule has 27 heavy (non-hydrogen) atoms. The number of nitrogens with zero attached hydrogens (tertiary/aromatic N) is 2. The smallest absolute Gasteiger partial charge is 0.272 e. The highest BCUT2D eigenvalue weighted by Crippen LogP contribution is 2.37. The number of hydrogen-bond acceptors (Lipinski definition) is 5. The number of carbonyl (C=O) groups is 1. The van der Waals surface area contributed by atoms with E-state index in [1.165, 1.54) is 17.4 Å². The predicted molar refractivity (Wildman–Crippen MR) is 110 cm³/mol. The molecule has 0 aliphatic carbocycles. The van der Waals surface area contributed by atoms with Crippen LogP contribution in [0.2, 0.25) is 0 Å². The molecule has 1 aliphatic heterocycles. The Balaban J connectivity index is 1.72. The van der Waals surface area contributed by atoms with Crippen LogP contribution in [0.4, 0.5) is 0 Å². The van der Waals surface area contributed by atoms with Crippen LogP contribution in [0.1, 0.15) is 5.56 Å². The van der Waals surface area contributed by atoms with Crippen molar-refractivity contribution in [2.24, 2.45) is 4.99 Å². The van der Waals surface area contributed by atoms with Gasteiger partial charge in [0.1, 0.15) is 0 Å². The van der Waals surface area contributed by atoms with Crippen LogP contribution in [0.5, 0.6) is 11.5 Å². The van der Waals surface area contributed by atoms with Crippen molar-refractivity contribution in [3.8, 4) is 11.5 Å². The number of aromatic nitrogens is 1. The zero-order chi connectivity index (χ0) is 18.6. The van der Waals surface area contributed by atoms with Gasteiger partial charge < -0.3 is 14.0 Å². The number of thioether (sulfide) groups is 1. The van der Waals surface area contributed by atoms with Crippen LogP contribution in [0.3, 0.4) is 0 Å². The third-order valence-corrected chi connectivity index (χ3v) is 5.75. The van der Waals surface area contributed by atoms with E-state index in [-0.39, 0.29) is 12.7 Å². The second-order valence-corrected chi connectivity index (χ2v) is 7.89. The van der Waals surface area contributed by atoms with Gasteiger partial charge in [0.25, 0.3) is 5.91 Å². The van der Waals surface area contributed by atoms with Crippen LogP contribution in [0.15, 0.2) is 53.5 Å². The first-order valence-electron chi connectivity index (χ1n) is 8.48. The number of thiazole rings is 1. The molecular weight excluding hydrogens is 380 g/mol. The van der Waals surface area contributed by atoms with Crippen LogP contribution in [-0.4, -0.2) is 29.3 Å². The highest BCUT2D eigenvalue weighted by molar-refractivity contribution is 7.98. The number of benzene rings is 2. The van der Waals surface area contributed by atoms with E-state index >= 15 is 0 Å². The van der Waals surface area contributed by atoms with Crippen LogP contribution in [0, 0.1) is 0 Å². The highest BCUT2D eigenvalue weighted by atomic mass is 32.2. The number of ether oxygens (including phenoxy) is 2. The lowest BCUT2D eigenvalue weighted by Crippen LogP contribution is -2.17. The first-order chi connectivity index (χ1) is 13.2. The largest absolute Gasteiger partial charge is 0.454 e. The molecule has 2 heterocycles. The molecule has 1 amide bonds. The molecule has 0 radical (unpaired) electrons. The summed E-state index contributed by atoms with van der Waals surface area (Å²) in [6.07, 6.45) is 5.35.